The summed E-state index contributed by atoms with van der Waals surface area (Å²) in [6.07, 6.45) is 4.09. The van der Waals surface area contributed by atoms with Crippen LogP contribution in [0.4, 0.5) is 4.79 Å². The number of nitrogens with one attached hydrogen (secondary N) is 2. The van der Waals surface area contributed by atoms with Crippen molar-refractivity contribution >= 4 is 12.1 Å². The number of amides is 1. The summed E-state index contributed by atoms with van der Waals surface area (Å²) in [5.41, 5.74) is -0.483. The van der Waals surface area contributed by atoms with Crippen LogP contribution >= 0.6 is 0 Å². The molecule has 9 heteroatoms. The average Bonchev–Trinajstić information content (AvgIpc) is 3.43. The smallest absolute Gasteiger partial charge is 0.410 e. The molecule has 0 bridgehead atoms. The molecule has 2 N–H and O–H groups in total. The van der Waals surface area contributed by atoms with Gasteiger partial charge in [-0.2, -0.15) is 0 Å². The minimum Gasteiger partial charge on any atom is -0.469 e. The molecule has 1 amide bonds. The van der Waals surface area contributed by atoms with Gasteiger partial charge in [-0.25, -0.2) is 4.79 Å². The Balaban J connectivity index is 1.47. The number of nitrogens with zero attached hydrogens (tertiary/aromatic N) is 3. The first-order valence-electron chi connectivity index (χ1n) is 11.7. The van der Waals surface area contributed by atoms with Gasteiger partial charge in [-0.15, -0.1) is 0 Å². The number of aliphatic imine (C=N–C) groups is 1. The summed E-state index contributed by atoms with van der Waals surface area (Å²) < 4.78 is 16.3. The van der Waals surface area contributed by atoms with E-state index in [1.807, 2.05) is 32.9 Å². The SMILES string of the molecule is CC(C)(C)OC(=O)N1CCC(NC(=NCCCN2CCOCC2)NCCc2ccco2)C1. The molecule has 180 valence electrons. The van der Waals surface area contributed by atoms with Crippen LogP contribution in [0.5, 0.6) is 0 Å². The van der Waals surface area contributed by atoms with Crippen molar-refractivity contribution in [2.75, 3.05) is 59.0 Å². The van der Waals surface area contributed by atoms with Crippen molar-refractivity contribution in [3.8, 4) is 0 Å². The van der Waals surface area contributed by atoms with Gasteiger partial charge in [0.05, 0.1) is 19.5 Å². The minimum absolute atomic E-state index is 0.150. The number of guanidine groups is 1. The molecule has 32 heavy (non-hydrogen) atoms. The first-order chi connectivity index (χ1) is 15.4. The Morgan fingerprint density at radius 3 is 2.81 bits per heavy atom. The van der Waals surface area contributed by atoms with Crippen LogP contribution in [-0.4, -0.2) is 92.5 Å². The third kappa shape index (κ3) is 8.70. The topological polar surface area (TPSA) is 91.6 Å². The van der Waals surface area contributed by atoms with Crippen molar-refractivity contribution in [2.24, 2.45) is 4.99 Å². The maximum absolute atomic E-state index is 12.4. The molecule has 1 aromatic heterocycles. The predicted molar refractivity (Wildman–Crippen MR) is 124 cm³/mol. The molecule has 0 saturated carbocycles. The first kappa shape index (κ1) is 24.4. The lowest BCUT2D eigenvalue weighted by atomic mass is 10.2. The van der Waals surface area contributed by atoms with Crippen LogP contribution in [-0.2, 0) is 15.9 Å². The number of hydrogen-bond donors (Lipinski definition) is 2. The van der Waals surface area contributed by atoms with E-state index < -0.39 is 5.60 Å². The fourth-order valence-electron chi connectivity index (χ4n) is 3.79. The maximum Gasteiger partial charge on any atom is 0.410 e. The highest BCUT2D eigenvalue weighted by Crippen LogP contribution is 2.15. The number of likely N-dealkylation sites (tertiary alicyclic amines) is 1. The molecule has 1 aromatic rings. The van der Waals surface area contributed by atoms with Crippen LogP contribution in [0.25, 0.3) is 0 Å². The van der Waals surface area contributed by atoms with Crippen LogP contribution in [0.2, 0.25) is 0 Å². The number of morpholine rings is 1. The molecule has 1 unspecified atom stereocenters. The van der Waals surface area contributed by atoms with Crippen molar-refractivity contribution in [3.05, 3.63) is 24.2 Å². The quantitative estimate of drug-likeness (QED) is 0.357. The largest absolute Gasteiger partial charge is 0.469 e. The summed E-state index contributed by atoms with van der Waals surface area (Å²) in [4.78, 5) is 21.3. The Morgan fingerprint density at radius 2 is 2.09 bits per heavy atom. The first-order valence-corrected chi connectivity index (χ1v) is 11.7. The van der Waals surface area contributed by atoms with Gasteiger partial charge in [-0.3, -0.25) is 9.89 Å². The number of hydrogen-bond acceptors (Lipinski definition) is 6. The zero-order valence-corrected chi connectivity index (χ0v) is 19.8. The second-order valence-electron chi connectivity index (χ2n) is 9.35. The number of furan rings is 1. The fourth-order valence-corrected chi connectivity index (χ4v) is 3.79. The second kappa shape index (κ2) is 12.1. The van der Waals surface area contributed by atoms with E-state index in [4.69, 9.17) is 18.9 Å². The van der Waals surface area contributed by atoms with Gasteiger partial charge in [0.1, 0.15) is 11.4 Å². The van der Waals surface area contributed by atoms with Gasteiger partial charge in [0, 0.05) is 58.3 Å². The molecular weight excluding hydrogens is 410 g/mol. The average molecular weight is 450 g/mol. The van der Waals surface area contributed by atoms with Gasteiger partial charge in [0.25, 0.3) is 0 Å². The Hall–Kier alpha value is -2.26. The second-order valence-corrected chi connectivity index (χ2v) is 9.35. The lowest BCUT2D eigenvalue weighted by molar-refractivity contribution is 0.0291. The summed E-state index contributed by atoms with van der Waals surface area (Å²) in [5.74, 6) is 1.73. The highest BCUT2D eigenvalue weighted by molar-refractivity contribution is 5.80. The lowest BCUT2D eigenvalue weighted by Gasteiger charge is -2.26. The molecule has 3 rings (SSSR count). The molecule has 1 atom stereocenters. The number of carbonyl (C=O) groups excluding carboxylic acids is 1. The standard InChI is InChI=1S/C23H39N5O4/c1-23(2,3)32-22(29)28-12-8-19(18-28)26-21(25-10-7-20-6-4-15-31-20)24-9-5-11-27-13-16-30-17-14-27/h4,6,15,19H,5,7-14,16-18H2,1-3H3,(H2,24,25,26). The number of carbonyl (C=O) groups is 1. The van der Waals surface area contributed by atoms with Gasteiger partial charge in [-0.1, -0.05) is 0 Å². The molecule has 0 spiro atoms. The van der Waals surface area contributed by atoms with E-state index in [0.717, 1.165) is 76.9 Å². The zero-order chi connectivity index (χ0) is 22.8. The van der Waals surface area contributed by atoms with E-state index in [2.05, 4.69) is 15.5 Å². The molecule has 2 fully saturated rings. The van der Waals surface area contributed by atoms with Crippen molar-refractivity contribution in [1.29, 1.82) is 0 Å². The van der Waals surface area contributed by atoms with Crippen molar-refractivity contribution in [2.45, 2.75) is 51.7 Å². The Morgan fingerprint density at radius 1 is 1.28 bits per heavy atom. The van der Waals surface area contributed by atoms with E-state index >= 15 is 0 Å². The van der Waals surface area contributed by atoms with Crippen LogP contribution in [0, 0.1) is 0 Å². The maximum atomic E-state index is 12.4. The summed E-state index contributed by atoms with van der Waals surface area (Å²) in [6.45, 7) is 13.1. The molecular formula is C23H39N5O4. The van der Waals surface area contributed by atoms with Crippen LogP contribution < -0.4 is 10.6 Å². The summed E-state index contributed by atoms with van der Waals surface area (Å²) in [6, 6.07) is 4.03. The third-order valence-electron chi connectivity index (χ3n) is 5.43. The number of rotatable bonds is 8. The van der Waals surface area contributed by atoms with Gasteiger partial charge in [-0.05, 0) is 45.7 Å². The zero-order valence-electron chi connectivity index (χ0n) is 19.8. The number of ether oxygens (including phenoxy) is 2. The van der Waals surface area contributed by atoms with Gasteiger partial charge in [0.2, 0.25) is 0 Å². The molecule has 2 aliphatic rings. The molecule has 2 saturated heterocycles. The third-order valence-corrected chi connectivity index (χ3v) is 5.43. The lowest BCUT2D eigenvalue weighted by Crippen LogP contribution is -2.46. The van der Waals surface area contributed by atoms with Crippen LogP contribution in [0.3, 0.4) is 0 Å². The van der Waals surface area contributed by atoms with Crippen molar-refractivity contribution in [3.63, 3.8) is 0 Å². The van der Waals surface area contributed by atoms with Crippen molar-refractivity contribution < 1.29 is 18.7 Å². The molecule has 0 radical (unpaired) electrons. The molecule has 9 nitrogen and oxygen atoms in total. The van der Waals surface area contributed by atoms with Gasteiger partial charge < -0.3 is 29.4 Å². The van der Waals surface area contributed by atoms with Gasteiger partial charge >= 0.3 is 6.09 Å². The molecule has 0 aromatic carbocycles. The van der Waals surface area contributed by atoms with E-state index in [1.54, 1.807) is 11.2 Å². The van der Waals surface area contributed by atoms with E-state index in [9.17, 15) is 4.79 Å². The molecule has 0 aliphatic carbocycles. The molecule has 3 heterocycles. The minimum atomic E-state index is -0.483. The Kier molecular flexibility index (Phi) is 9.23. The van der Waals surface area contributed by atoms with E-state index in [1.165, 1.54) is 0 Å². The highest BCUT2D eigenvalue weighted by Gasteiger charge is 2.30. The van der Waals surface area contributed by atoms with Crippen molar-refractivity contribution in [1.82, 2.24) is 20.4 Å². The molecule has 2 aliphatic heterocycles. The van der Waals surface area contributed by atoms with Crippen LogP contribution in [0.1, 0.15) is 39.4 Å². The summed E-state index contributed by atoms with van der Waals surface area (Å²) in [7, 11) is 0. The van der Waals surface area contributed by atoms with E-state index in [0.29, 0.717) is 13.1 Å². The highest BCUT2D eigenvalue weighted by atomic mass is 16.6. The van der Waals surface area contributed by atoms with Crippen LogP contribution in [0.15, 0.2) is 27.8 Å². The summed E-state index contributed by atoms with van der Waals surface area (Å²) >= 11 is 0. The Labute approximate surface area is 191 Å². The monoisotopic (exact) mass is 449 g/mol. The predicted octanol–water partition coefficient (Wildman–Crippen LogP) is 2.09. The van der Waals surface area contributed by atoms with E-state index in [-0.39, 0.29) is 12.1 Å². The fraction of sp³-hybridized carbons (Fsp3) is 0.739. The van der Waals surface area contributed by atoms with Gasteiger partial charge in [0.15, 0.2) is 5.96 Å². The Bertz CT molecular complexity index is 710. The summed E-state index contributed by atoms with van der Waals surface area (Å²) in [5, 5.41) is 6.92. The normalized spacial score (nSPS) is 20.4.